The Labute approximate surface area is 511 Å². The van der Waals surface area contributed by atoms with Crippen LogP contribution in [0, 0.1) is 0 Å². The number of allylic oxidation sites excluding steroid dienone is 21. The molecule has 17 atom stereocenters. The molecular weight excluding hydrogens is 1110 g/mol. The van der Waals surface area contributed by atoms with E-state index in [1.54, 1.807) is 6.08 Å². The molecule has 0 bridgehead atoms. The SMILES string of the molecule is CC/C=C\C/C=C\C/C=C\C/C=C\C/C=C\C/C=C\C/C=C\C/C=C\C/C=C\C/C=C\CCCCCCC(=O)NC(COC1OC(CO)C(OC2OC(CO)C(OC3OC(CO)C(O)C(O)C3O)C(O)C2O)C(O)C1O)C(O)/C=C/CCCCCC. The Morgan fingerprint density at radius 2 is 0.802 bits per heavy atom. The maximum atomic E-state index is 13.2. The molecule has 0 aromatic heterocycles. The molecule has 0 aromatic rings. The van der Waals surface area contributed by atoms with Crippen LogP contribution < -0.4 is 5.32 Å². The molecule has 3 saturated heterocycles. The summed E-state index contributed by atoms with van der Waals surface area (Å²) in [5.74, 6) is -0.314. The lowest BCUT2D eigenvalue weighted by Crippen LogP contribution is -2.66. The van der Waals surface area contributed by atoms with Gasteiger partial charge in [-0.3, -0.25) is 4.79 Å². The van der Waals surface area contributed by atoms with E-state index >= 15 is 0 Å². The molecule has 488 valence electrons. The number of carbonyl (C=O) groups excluding carboxylic acids is 1. The Kier molecular flexibility index (Phi) is 42.4. The predicted molar refractivity (Wildman–Crippen MR) is 332 cm³/mol. The number of ether oxygens (including phenoxy) is 6. The first kappa shape index (κ1) is 76.2. The standard InChI is InChI=1S/C67H107NO18/c1-3-5-7-9-11-12-13-14-15-16-17-18-19-20-21-22-23-24-25-26-27-28-29-30-31-32-33-34-35-36-37-38-39-41-43-45-55(73)68-50(51(72)44-42-40-10-8-6-4-2)49-81-65-61(79)58(76)63(53(47-70)83-65)86-67-62(80)59(77)64(54(48-71)84-67)85-66-60(78)57(75)56(74)52(46-69)82-66/h5,7,11-12,14-15,17-18,20-21,23-24,26-27,29-30,32-33,35-36,42,44,50-54,56-67,69-72,74-80H,3-4,6,8-10,13,16,19,22,25,28,31,34,37-41,43,45-49H2,1-2H3,(H,68,73)/b7-5-,12-11-,15-14-,18-17-,21-20-,24-23-,27-26-,30-29-,33-32-,36-35-,44-42+. The molecule has 3 fully saturated rings. The maximum absolute atomic E-state index is 13.2. The van der Waals surface area contributed by atoms with Crippen molar-refractivity contribution in [2.45, 2.75) is 253 Å². The number of hydrogen-bond donors (Lipinski definition) is 12. The van der Waals surface area contributed by atoms with Gasteiger partial charge in [-0.25, -0.2) is 0 Å². The topological polar surface area (TPSA) is 307 Å². The lowest BCUT2D eigenvalue weighted by atomic mass is 9.96. The van der Waals surface area contributed by atoms with E-state index in [9.17, 15) is 61.0 Å². The number of amides is 1. The molecule has 0 spiro atoms. The summed E-state index contributed by atoms with van der Waals surface area (Å²) in [5.41, 5.74) is 0. The van der Waals surface area contributed by atoms with Gasteiger partial charge in [-0.2, -0.15) is 0 Å². The van der Waals surface area contributed by atoms with Crippen LogP contribution in [0.2, 0.25) is 0 Å². The first-order valence-electron chi connectivity index (χ1n) is 31.4. The zero-order valence-corrected chi connectivity index (χ0v) is 51.0. The molecule has 0 aromatic carbocycles. The zero-order chi connectivity index (χ0) is 62.6. The molecular formula is C67H107NO18. The molecule has 3 heterocycles. The van der Waals surface area contributed by atoms with Crippen LogP contribution >= 0.6 is 0 Å². The molecule has 3 rings (SSSR count). The Balaban J connectivity index is 1.35. The largest absolute Gasteiger partial charge is 0.394 e. The molecule has 0 saturated carbocycles. The Hall–Kier alpha value is -4.07. The van der Waals surface area contributed by atoms with Gasteiger partial charge >= 0.3 is 0 Å². The number of hydrogen-bond acceptors (Lipinski definition) is 18. The number of rotatable bonds is 44. The van der Waals surface area contributed by atoms with Gasteiger partial charge in [0.05, 0.1) is 38.6 Å². The van der Waals surface area contributed by atoms with Crippen molar-refractivity contribution in [3.63, 3.8) is 0 Å². The van der Waals surface area contributed by atoms with Crippen LogP contribution in [0.1, 0.15) is 149 Å². The van der Waals surface area contributed by atoms with Gasteiger partial charge in [-0.1, -0.05) is 180 Å². The van der Waals surface area contributed by atoms with Crippen molar-refractivity contribution in [1.29, 1.82) is 0 Å². The quantitative estimate of drug-likeness (QED) is 0.0225. The van der Waals surface area contributed by atoms with Gasteiger partial charge in [0.1, 0.15) is 73.2 Å². The molecule has 3 aliphatic heterocycles. The van der Waals surface area contributed by atoms with Crippen molar-refractivity contribution in [2.75, 3.05) is 26.4 Å². The van der Waals surface area contributed by atoms with Gasteiger partial charge in [0.15, 0.2) is 18.9 Å². The lowest BCUT2D eigenvalue weighted by Gasteiger charge is -2.48. The molecule has 17 unspecified atom stereocenters. The lowest BCUT2D eigenvalue weighted by molar-refractivity contribution is -0.379. The summed E-state index contributed by atoms with van der Waals surface area (Å²) in [5, 5.41) is 120. The van der Waals surface area contributed by atoms with E-state index in [4.69, 9.17) is 28.4 Å². The summed E-state index contributed by atoms with van der Waals surface area (Å²) in [6, 6.07) is -0.993. The van der Waals surface area contributed by atoms with E-state index in [2.05, 4.69) is 141 Å². The number of aliphatic hydroxyl groups excluding tert-OH is 11. The van der Waals surface area contributed by atoms with Crippen LogP contribution in [-0.4, -0.2) is 193 Å². The summed E-state index contributed by atoms with van der Waals surface area (Å²) in [6.45, 7) is 1.44. The fraction of sp³-hybridized carbons (Fsp3) is 0.657. The molecule has 3 aliphatic rings. The van der Waals surface area contributed by atoms with Gasteiger partial charge in [0.25, 0.3) is 0 Å². The summed E-state index contributed by atoms with van der Waals surface area (Å²) in [4.78, 5) is 13.2. The van der Waals surface area contributed by atoms with Gasteiger partial charge in [0.2, 0.25) is 5.91 Å². The molecule has 0 radical (unpaired) electrons. The average molecular weight is 1210 g/mol. The Morgan fingerprint density at radius 1 is 0.430 bits per heavy atom. The summed E-state index contributed by atoms with van der Waals surface area (Å²) in [6.07, 6.45) is 39.3. The van der Waals surface area contributed by atoms with Gasteiger partial charge < -0.3 is 89.9 Å². The van der Waals surface area contributed by atoms with Gasteiger partial charge in [0, 0.05) is 6.42 Å². The monoisotopic (exact) mass is 1210 g/mol. The van der Waals surface area contributed by atoms with E-state index in [1.807, 2.05) is 6.08 Å². The van der Waals surface area contributed by atoms with Gasteiger partial charge in [-0.05, 0) is 96.3 Å². The minimum atomic E-state index is -1.99. The van der Waals surface area contributed by atoms with E-state index in [0.717, 1.165) is 116 Å². The van der Waals surface area contributed by atoms with Crippen molar-refractivity contribution < 1.29 is 89.4 Å². The van der Waals surface area contributed by atoms with Crippen molar-refractivity contribution in [3.05, 3.63) is 134 Å². The van der Waals surface area contributed by atoms with Crippen LogP contribution in [0.3, 0.4) is 0 Å². The molecule has 19 heteroatoms. The third-order valence-electron chi connectivity index (χ3n) is 14.7. The second kappa shape index (κ2) is 47.9. The Morgan fingerprint density at radius 3 is 1.24 bits per heavy atom. The van der Waals surface area contributed by atoms with E-state index < -0.39 is 124 Å². The summed E-state index contributed by atoms with van der Waals surface area (Å²) in [7, 11) is 0. The highest BCUT2D eigenvalue weighted by Gasteiger charge is 2.53. The third-order valence-corrected chi connectivity index (χ3v) is 14.7. The van der Waals surface area contributed by atoms with Crippen molar-refractivity contribution >= 4 is 5.91 Å². The van der Waals surface area contributed by atoms with E-state index in [1.165, 1.54) is 0 Å². The van der Waals surface area contributed by atoms with E-state index in [-0.39, 0.29) is 18.9 Å². The molecule has 12 N–H and O–H groups in total. The van der Waals surface area contributed by atoms with Crippen LogP contribution in [-0.2, 0) is 33.2 Å². The molecule has 1 amide bonds. The first-order valence-corrected chi connectivity index (χ1v) is 31.4. The summed E-state index contributed by atoms with van der Waals surface area (Å²) < 4.78 is 34.1. The number of carbonyl (C=O) groups is 1. The predicted octanol–water partition coefficient (Wildman–Crippen LogP) is 6.65. The zero-order valence-electron chi connectivity index (χ0n) is 51.0. The van der Waals surface area contributed by atoms with Crippen molar-refractivity contribution in [3.8, 4) is 0 Å². The van der Waals surface area contributed by atoms with Crippen LogP contribution in [0.25, 0.3) is 0 Å². The number of aliphatic hydroxyl groups is 11. The minimum Gasteiger partial charge on any atom is -0.394 e. The second-order valence-corrected chi connectivity index (χ2v) is 21.8. The smallest absolute Gasteiger partial charge is 0.220 e. The van der Waals surface area contributed by atoms with Crippen LogP contribution in [0.4, 0.5) is 0 Å². The highest BCUT2D eigenvalue weighted by Crippen LogP contribution is 2.33. The fourth-order valence-electron chi connectivity index (χ4n) is 9.57. The molecule has 86 heavy (non-hydrogen) atoms. The van der Waals surface area contributed by atoms with Crippen LogP contribution in [0.15, 0.2) is 134 Å². The number of nitrogens with one attached hydrogen (secondary N) is 1. The number of unbranched alkanes of at least 4 members (excludes halogenated alkanes) is 8. The van der Waals surface area contributed by atoms with Crippen molar-refractivity contribution in [1.82, 2.24) is 5.32 Å². The van der Waals surface area contributed by atoms with Gasteiger partial charge in [-0.15, -0.1) is 0 Å². The minimum absolute atomic E-state index is 0.202. The maximum Gasteiger partial charge on any atom is 0.220 e. The Bertz CT molecular complexity index is 2080. The molecule has 0 aliphatic carbocycles. The average Bonchev–Trinajstić information content (AvgIpc) is 2.46. The summed E-state index contributed by atoms with van der Waals surface area (Å²) >= 11 is 0. The highest BCUT2D eigenvalue weighted by atomic mass is 16.8. The normalized spacial score (nSPS) is 29.7. The first-order chi connectivity index (χ1) is 41.8. The fourth-order valence-corrected chi connectivity index (χ4v) is 9.57. The second-order valence-electron chi connectivity index (χ2n) is 21.8. The van der Waals surface area contributed by atoms with Crippen molar-refractivity contribution in [2.24, 2.45) is 0 Å². The van der Waals surface area contributed by atoms with E-state index in [0.29, 0.717) is 12.8 Å². The highest BCUT2D eigenvalue weighted by molar-refractivity contribution is 5.76. The molecule has 19 nitrogen and oxygen atoms in total. The third kappa shape index (κ3) is 30.4. The van der Waals surface area contributed by atoms with Crippen LogP contribution in [0.5, 0.6) is 0 Å².